The second kappa shape index (κ2) is 6.33. The first-order chi connectivity index (χ1) is 9.20. The topological polar surface area (TPSA) is 54.0 Å². The van der Waals surface area contributed by atoms with Gasteiger partial charge in [-0.25, -0.2) is 4.98 Å². The number of hydrogen-bond acceptors (Lipinski definition) is 4. The Kier molecular flexibility index (Phi) is 4.52. The summed E-state index contributed by atoms with van der Waals surface area (Å²) in [6, 6.07) is 5.83. The molecule has 1 amide bonds. The van der Waals surface area contributed by atoms with E-state index >= 15 is 0 Å². The van der Waals surface area contributed by atoms with Gasteiger partial charge in [0, 0.05) is 17.6 Å². The van der Waals surface area contributed by atoms with Gasteiger partial charge < -0.3 is 10.6 Å². The number of carbonyl (C=O) groups excluding carboxylic acids is 1. The number of rotatable bonds is 5. The number of hydrogen-bond donors (Lipinski definition) is 2. The van der Waals surface area contributed by atoms with Crippen LogP contribution >= 0.6 is 11.3 Å². The Bertz CT molecular complexity index is 552. The molecule has 0 atom stereocenters. The van der Waals surface area contributed by atoms with Crippen molar-refractivity contribution in [2.45, 2.75) is 20.4 Å². The molecule has 19 heavy (non-hydrogen) atoms. The maximum atomic E-state index is 12.2. The third kappa shape index (κ3) is 3.54. The van der Waals surface area contributed by atoms with Crippen LogP contribution in [-0.2, 0) is 6.54 Å². The molecule has 2 aromatic rings. The molecule has 0 radical (unpaired) electrons. The minimum absolute atomic E-state index is 0.0762. The average molecular weight is 275 g/mol. The maximum absolute atomic E-state index is 12.2. The standard InChI is InChI=1S/C14H17N3OS/c1-3-15-13-5-4-10(2)6-12(13)14(18)16-7-11-8-19-9-17-11/h4-6,8-9,15H,3,7H2,1-2H3,(H,16,18). The van der Waals surface area contributed by atoms with Gasteiger partial charge in [-0.15, -0.1) is 11.3 Å². The van der Waals surface area contributed by atoms with Gasteiger partial charge in [0.15, 0.2) is 0 Å². The Labute approximate surface area is 116 Å². The van der Waals surface area contributed by atoms with E-state index in [1.165, 1.54) is 11.3 Å². The first-order valence-electron chi connectivity index (χ1n) is 6.20. The van der Waals surface area contributed by atoms with Crippen LogP contribution in [0.15, 0.2) is 29.1 Å². The van der Waals surface area contributed by atoms with Crippen LogP contribution in [0, 0.1) is 6.92 Å². The van der Waals surface area contributed by atoms with E-state index in [1.807, 2.05) is 37.4 Å². The van der Waals surface area contributed by atoms with Gasteiger partial charge in [-0.3, -0.25) is 4.79 Å². The fourth-order valence-corrected chi connectivity index (χ4v) is 2.34. The van der Waals surface area contributed by atoms with Crippen molar-refractivity contribution >= 4 is 22.9 Å². The Hall–Kier alpha value is -1.88. The lowest BCUT2D eigenvalue weighted by atomic mass is 10.1. The molecular weight excluding hydrogens is 258 g/mol. The summed E-state index contributed by atoms with van der Waals surface area (Å²) in [5, 5.41) is 8.03. The van der Waals surface area contributed by atoms with Crippen molar-refractivity contribution in [3.63, 3.8) is 0 Å². The van der Waals surface area contributed by atoms with Gasteiger partial charge in [0.2, 0.25) is 0 Å². The molecule has 2 N–H and O–H groups in total. The van der Waals surface area contributed by atoms with Crippen LogP contribution in [0.1, 0.15) is 28.5 Å². The van der Waals surface area contributed by atoms with Crippen LogP contribution in [0.4, 0.5) is 5.69 Å². The molecule has 1 aromatic carbocycles. The molecule has 0 aliphatic carbocycles. The highest BCUT2D eigenvalue weighted by Crippen LogP contribution is 2.17. The lowest BCUT2D eigenvalue weighted by Gasteiger charge is -2.11. The normalized spacial score (nSPS) is 10.2. The molecule has 1 heterocycles. The Morgan fingerprint density at radius 2 is 2.26 bits per heavy atom. The second-order valence-corrected chi connectivity index (χ2v) is 4.96. The predicted octanol–water partition coefficient (Wildman–Crippen LogP) is 2.81. The molecule has 0 bridgehead atoms. The fourth-order valence-electron chi connectivity index (χ4n) is 1.78. The van der Waals surface area contributed by atoms with E-state index in [1.54, 1.807) is 5.51 Å². The minimum atomic E-state index is -0.0762. The zero-order chi connectivity index (χ0) is 13.7. The number of amides is 1. The van der Waals surface area contributed by atoms with Gasteiger partial charge in [0.25, 0.3) is 5.91 Å². The highest BCUT2D eigenvalue weighted by molar-refractivity contribution is 7.07. The van der Waals surface area contributed by atoms with E-state index in [-0.39, 0.29) is 5.91 Å². The van der Waals surface area contributed by atoms with Crippen molar-refractivity contribution in [3.8, 4) is 0 Å². The van der Waals surface area contributed by atoms with Gasteiger partial charge in [-0.2, -0.15) is 0 Å². The molecule has 0 aliphatic rings. The van der Waals surface area contributed by atoms with Crippen LogP contribution in [0.2, 0.25) is 0 Å². The van der Waals surface area contributed by atoms with E-state index in [2.05, 4.69) is 15.6 Å². The molecule has 100 valence electrons. The molecule has 4 nitrogen and oxygen atoms in total. The van der Waals surface area contributed by atoms with Crippen molar-refractivity contribution in [1.82, 2.24) is 10.3 Å². The summed E-state index contributed by atoms with van der Waals surface area (Å²) in [4.78, 5) is 16.4. The number of anilines is 1. The van der Waals surface area contributed by atoms with Gasteiger partial charge in [-0.1, -0.05) is 11.6 Å². The molecule has 0 saturated heterocycles. The molecule has 0 unspecified atom stereocenters. The summed E-state index contributed by atoms with van der Waals surface area (Å²) in [5.74, 6) is -0.0762. The van der Waals surface area contributed by atoms with Crippen LogP contribution in [0.3, 0.4) is 0 Å². The first-order valence-corrected chi connectivity index (χ1v) is 7.14. The largest absolute Gasteiger partial charge is 0.385 e. The third-order valence-corrected chi connectivity index (χ3v) is 3.34. The van der Waals surface area contributed by atoms with Gasteiger partial charge >= 0.3 is 0 Å². The van der Waals surface area contributed by atoms with Gasteiger partial charge in [0.1, 0.15) is 0 Å². The summed E-state index contributed by atoms with van der Waals surface area (Å²) < 4.78 is 0. The van der Waals surface area contributed by atoms with Crippen molar-refractivity contribution in [2.75, 3.05) is 11.9 Å². The van der Waals surface area contributed by atoms with E-state index in [0.29, 0.717) is 12.1 Å². The van der Waals surface area contributed by atoms with Crippen LogP contribution in [-0.4, -0.2) is 17.4 Å². The summed E-state index contributed by atoms with van der Waals surface area (Å²) >= 11 is 1.53. The lowest BCUT2D eigenvalue weighted by molar-refractivity contribution is 0.0951. The lowest BCUT2D eigenvalue weighted by Crippen LogP contribution is -2.24. The number of aryl methyl sites for hydroxylation is 1. The summed E-state index contributed by atoms with van der Waals surface area (Å²) in [5.41, 5.74) is 5.26. The number of aromatic nitrogens is 1. The van der Waals surface area contributed by atoms with E-state index < -0.39 is 0 Å². The van der Waals surface area contributed by atoms with Gasteiger partial charge in [-0.05, 0) is 26.0 Å². The molecule has 5 heteroatoms. The highest BCUT2D eigenvalue weighted by Gasteiger charge is 2.11. The number of thiazole rings is 1. The summed E-state index contributed by atoms with van der Waals surface area (Å²) in [6.07, 6.45) is 0. The zero-order valence-electron chi connectivity index (χ0n) is 11.1. The van der Waals surface area contributed by atoms with Crippen LogP contribution in [0.25, 0.3) is 0 Å². The average Bonchev–Trinajstić information content (AvgIpc) is 2.91. The Balaban J connectivity index is 2.11. The molecule has 1 aromatic heterocycles. The molecule has 2 rings (SSSR count). The van der Waals surface area contributed by atoms with Crippen molar-refractivity contribution in [1.29, 1.82) is 0 Å². The summed E-state index contributed by atoms with van der Waals surface area (Å²) in [6.45, 7) is 5.24. The maximum Gasteiger partial charge on any atom is 0.253 e. The van der Waals surface area contributed by atoms with E-state index in [4.69, 9.17) is 0 Å². The number of benzene rings is 1. The second-order valence-electron chi connectivity index (χ2n) is 4.24. The quantitative estimate of drug-likeness (QED) is 0.882. The highest BCUT2D eigenvalue weighted by atomic mass is 32.1. The smallest absolute Gasteiger partial charge is 0.253 e. The number of nitrogens with zero attached hydrogens (tertiary/aromatic N) is 1. The van der Waals surface area contributed by atoms with Crippen LogP contribution < -0.4 is 10.6 Å². The van der Waals surface area contributed by atoms with E-state index in [0.717, 1.165) is 23.5 Å². The first kappa shape index (κ1) is 13.5. The number of nitrogens with one attached hydrogen (secondary N) is 2. The monoisotopic (exact) mass is 275 g/mol. The van der Waals surface area contributed by atoms with Crippen molar-refractivity contribution < 1.29 is 4.79 Å². The Morgan fingerprint density at radius 3 is 2.95 bits per heavy atom. The molecule has 0 saturated carbocycles. The summed E-state index contributed by atoms with van der Waals surface area (Å²) in [7, 11) is 0. The molecule has 0 fully saturated rings. The van der Waals surface area contributed by atoms with Crippen molar-refractivity contribution in [2.24, 2.45) is 0 Å². The van der Waals surface area contributed by atoms with Crippen LogP contribution in [0.5, 0.6) is 0 Å². The minimum Gasteiger partial charge on any atom is -0.385 e. The molecule has 0 spiro atoms. The predicted molar refractivity (Wildman–Crippen MR) is 78.6 cm³/mol. The molecule has 0 aliphatic heterocycles. The van der Waals surface area contributed by atoms with Gasteiger partial charge in [0.05, 0.1) is 23.3 Å². The third-order valence-electron chi connectivity index (χ3n) is 2.70. The number of carbonyl (C=O) groups is 1. The van der Waals surface area contributed by atoms with E-state index in [9.17, 15) is 4.79 Å². The SMILES string of the molecule is CCNc1ccc(C)cc1C(=O)NCc1cscn1. The molecular formula is C14H17N3OS. The zero-order valence-corrected chi connectivity index (χ0v) is 11.9. The fraction of sp³-hybridized carbons (Fsp3) is 0.286. The Morgan fingerprint density at radius 1 is 1.42 bits per heavy atom. The van der Waals surface area contributed by atoms with Crippen molar-refractivity contribution in [3.05, 3.63) is 45.9 Å².